The monoisotopic (exact) mass is 286 g/mol. The van der Waals surface area contributed by atoms with E-state index in [9.17, 15) is 0 Å². The zero-order valence-corrected chi connectivity index (χ0v) is 12.3. The molecule has 1 atom stereocenters. The van der Waals surface area contributed by atoms with E-state index in [0.717, 1.165) is 30.5 Å². The molecule has 0 radical (unpaired) electrons. The molecule has 104 valence electrons. The minimum atomic E-state index is 0.544. The van der Waals surface area contributed by atoms with Crippen molar-refractivity contribution in [3.05, 3.63) is 42.0 Å². The van der Waals surface area contributed by atoms with E-state index in [1.807, 2.05) is 12.3 Å². The highest BCUT2D eigenvalue weighted by Crippen LogP contribution is 2.30. The van der Waals surface area contributed by atoms with Gasteiger partial charge in [0.15, 0.2) is 5.16 Å². The van der Waals surface area contributed by atoms with Crippen molar-refractivity contribution >= 4 is 23.4 Å². The molecule has 0 amide bonds. The lowest BCUT2D eigenvalue weighted by atomic mass is 9.99. The summed E-state index contributed by atoms with van der Waals surface area (Å²) in [5.74, 6) is 2.06. The first-order valence-corrected chi connectivity index (χ1v) is 7.97. The maximum Gasteiger partial charge on any atom is 0.191 e. The van der Waals surface area contributed by atoms with Crippen molar-refractivity contribution in [1.29, 1.82) is 0 Å². The van der Waals surface area contributed by atoms with Gasteiger partial charge in [-0.1, -0.05) is 42.1 Å². The van der Waals surface area contributed by atoms with Crippen LogP contribution in [0.15, 0.2) is 41.6 Å². The van der Waals surface area contributed by atoms with E-state index in [2.05, 4.69) is 45.2 Å². The Kier molecular flexibility index (Phi) is 3.78. The molecule has 0 saturated carbocycles. The summed E-state index contributed by atoms with van der Waals surface area (Å²) in [5, 5.41) is 0.739. The van der Waals surface area contributed by atoms with Gasteiger partial charge in [-0.2, -0.15) is 0 Å². The summed E-state index contributed by atoms with van der Waals surface area (Å²) in [5.41, 5.74) is 7.26. The fourth-order valence-corrected chi connectivity index (χ4v) is 3.03. The molecule has 1 fully saturated rings. The first kappa shape index (κ1) is 13.2. The predicted molar refractivity (Wildman–Crippen MR) is 84.2 cm³/mol. The molecule has 0 bridgehead atoms. The third-order valence-electron chi connectivity index (χ3n) is 3.68. The van der Waals surface area contributed by atoms with Gasteiger partial charge in [0, 0.05) is 25.1 Å². The lowest BCUT2D eigenvalue weighted by Gasteiger charge is -2.18. The second-order valence-corrected chi connectivity index (χ2v) is 5.75. The van der Waals surface area contributed by atoms with E-state index in [0.29, 0.717) is 11.7 Å². The van der Waals surface area contributed by atoms with E-state index in [1.54, 1.807) is 0 Å². The number of rotatable bonds is 3. The molecule has 2 heterocycles. The lowest BCUT2D eigenvalue weighted by molar-refractivity contribution is 0.773. The fraction of sp³-hybridized carbons (Fsp3) is 0.333. The molecule has 20 heavy (non-hydrogen) atoms. The van der Waals surface area contributed by atoms with Crippen molar-refractivity contribution in [1.82, 2.24) is 9.97 Å². The maximum absolute atomic E-state index is 5.86. The van der Waals surface area contributed by atoms with Crippen LogP contribution in [0.3, 0.4) is 0 Å². The van der Waals surface area contributed by atoms with Gasteiger partial charge in [-0.3, -0.25) is 0 Å². The number of benzene rings is 1. The van der Waals surface area contributed by atoms with Crippen molar-refractivity contribution < 1.29 is 0 Å². The Labute approximate surface area is 123 Å². The van der Waals surface area contributed by atoms with Crippen LogP contribution < -0.4 is 10.6 Å². The summed E-state index contributed by atoms with van der Waals surface area (Å²) in [6, 6.07) is 12.5. The summed E-state index contributed by atoms with van der Waals surface area (Å²) in [6.07, 6.45) is 3.12. The number of anilines is 2. The van der Waals surface area contributed by atoms with Crippen LogP contribution in [0.25, 0.3) is 0 Å². The Balaban J connectivity index is 1.79. The summed E-state index contributed by atoms with van der Waals surface area (Å²) < 4.78 is 0. The van der Waals surface area contributed by atoms with Gasteiger partial charge in [0.05, 0.1) is 0 Å². The number of nitrogens with zero attached hydrogens (tertiary/aromatic N) is 3. The maximum atomic E-state index is 5.86. The van der Waals surface area contributed by atoms with E-state index in [4.69, 9.17) is 5.73 Å². The number of hydrogen-bond donors (Lipinski definition) is 1. The van der Waals surface area contributed by atoms with Gasteiger partial charge in [-0.25, -0.2) is 9.97 Å². The van der Waals surface area contributed by atoms with Crippen LogP contribution in [0.2, 0.25) is 0 Å². The van der Waals surface area contributed by atoms with Crippen LogP contribution in [-0.2, 0) is 0 Å². The van der Waals surface area contributed by atoms with Gasteiger partial charge >= 0.3 is 0 Å². The normalized spacial score (nSPS) is 18.4. The molecule has 1 aromatic heterocycles. The molecule has 0 aliphatic carbocycles. The van der Waals surface area contributed by atoms with Crippen LogP contribution in [0.5, 0.6) is 0 Å². The average Bonchev–Trinajstić information content (AvgIpc) is 2.97. The van der Waals surface area contributed by atoms with Crippen molar-refractivity contribution in [2.45, 2.75) is 17.5 Å². The van der Waals surface area contributed by atoms with Crippen LogP contribution in [0.4, 0.5) is 11.6 Å². The van der Waals surface area contributed by atoms with Crippen molar-refractivity contribution in [3.8, 4) is 0 Å². The molecule has 2 N–H and O–H groups in total. The molecule has 1 aliphatic heterocycles. The molecule has 1 unspecified atom stereocenters. The molecule has 5 heteroatoms. The molecule has 1 aliphatic rings. The molecular formula is C15H18N4S. The predicted octanol–water partition coefficient (Wildman–Crippen LogP) is 2.77. The van der Waals surface area contributed by atoms with Gasteiger partial charge in [0.25, 0.3) is 0 Å². The van der Waals surface area contributed by atoms with Crippen molar-refractivity contribution in [2.24, 2.45) is 0 Å². The second kappa shape index (κ2) is 5.71. The first-order valence-electron chi connectivity index (χ1n) is 6.74. The van der Waals surface area contributed by atoms with Crippen LogP contribution in [0, 0.1) is 0 Å². The smallest absolute Gasteiger partial charge is 0.191 e. The quantitative estimate of drug-likeness (QED) is 0.694. The standard InChI is InChI=1S/C15H18N4S/c1-20-15-17-13(16)9-14(18-15)19-8-7-12(10-19)11-5-3-2-4-6-11/h2-6,9,12H,7-8,10H2,1H3,(H2,16,17,18). The molecule has 2 aromatic rings. The minimum Gasteiger partial charge on any atom is -0.383 e. The van der Waals surface area contributed by atoms with Crippen LogP contribution in [-0.4, -0.2) is 29.3 Å². The number of hydrogen-bond acceptors (Lipinski definition) is 5. The molecular weight excluding hydrogens is 268 g/mol. The second-order valence-electron chi connectivity index (χ2n) is 4.98. The zero-order valence-electron chi connectivity index (χ0n) is 11.5. The molecule has 0 spiro atoms. The lowest BCUT2D eigenvalue weighted by Crippen LogP contribution is -2.21. The number of nitrogen functional groups attached to an aromatic ring is 1. The summed E-state index contributed by atoms with van der Waals surface area (Å²) in [6.45, 7) is 2.01. The topological polar surface area (TPSA) is 55.0 Å². The van der Waals surface area contributed by atoms with E-state index in [-0.39, 0.29) is 0 Å². The Morgan fingerprint density at radius 3 is 2.80 bits per heavy atom. The van der Waals surface area contributed by atoms with Crippen molar-refractivity contribution in [3.63, 3.8) is 0 Å². The van der Waals surface area contributed by atoms with E-state index >= 15 is 0 Å². The summed E-state index contributed by atoms with van der Waals surface area (Å²) >= 11 is 1.52. The average molecular weight is 286 g/mol. The fourth-order valence-electron chi connectivity index (χ4n) is 2.65. The number of nitrogens with two attached hydrogens (primary N) is 1. The zero-order chi connectivity index (χ0) is 13.9. The highest BCUT2D eigenvalue weighted by Gasteiger charge is 2.25. The molecule has 3 rings (SSSR count). The third-order valence-corrected chi connectivity index (χ3v) is 4.23. The SMILES string of the molecule is CSc1nc(N)cc(N2CCC(c3ccccc3)C2)n1. The van der Waals surface area contributed by atoms with Crippen LogP contribution >= 0.6 is 11.8 Å². The van der Waals surface area contributed by atoms with Crippen LogP contribution in [0.1, 0.15) is 17.9 Å². The summed E-state index contributed by atoms with van der Waals surface area (Å²) in [4.78, 5) is 11.1. The molecule has 1 aromatic carbocycles. The Morgan fingerprint density at radius 1 is 1.25 bits per heavy atom. The molecule has 4 nitrogen and oxygen atoms in total. The van der Waals surface area contributed by atoms with E-state index in [1.165, 1.54) is 17.3 Å². The van der Waals surface area contributed by atoms with Gasteiger partial charge < -0.3 is 10.6 Å². The van der Waals surface area contributed by atoms with Gasteiger partial charge in [0.1, 0.15) is 11.6 Å². The highest BCUT2D eigenvalue weighted by atomic mass is 32.2. The Bertz CT molecular complexity index is 588. The summed E-state index contributed by atoms with van der Waals surface area (Å²) in [7, 11) is 0. The Hall–Kier alpha value is -1.75. The first-order chi connectivity index (χ1) is 9.76. The highest BCUT2D eigenvalue weighted by molar-refractivity contribution is 7.98. The largest absolute Gasteiger partial charge is 0.383 e. The number of thioether (sulfide) groups is 1. The Morgan fingerprint density at radius 2 is 2.05 bits per heavy atom. The third kappa shape index (κ3) is 2.72. The van der Waals surface area contributed by atoms with Gasteiger partial charge in [-0.15, -0.1) is 0 Å². The van der Waals surface area contributed by atoms with Gasteiger partial charge in [-0.05, 0) is 18.2 Å². The van der Waals surface area contributed by atoms with Crippen molar-refractivity contribution in [2.75, 3.05) is 30.0 Å². The number of aromatic nitrogens is 2. The minimum absolute atomic E-state index is 0.544. The van der Waals surface area contributed by atoms with Gasteiger partial charge in [0.2, 0.25) is 0 Å². The van der Waals surface area contributed by atoms with E-state index < -0.39 is 0 Å². The molecule has 1 saturated heterocycles.